The largest absolute Gasteiger partial charge is 0.368 e. The molecule has 6 nitrogen and oxygen atoms in total. The number of benzene rings is 1. The van der Waals surface area contributed by atoms with E-state index in [-0.39, 0.29) is 12.0 Å². The molecule has 25 heavy (non-hydrogen) atoms. The lowest BCUT2D eigenvalue weighted by Crippen LogP contribution is -2.42. The summed E-state index contributed by atoms with van der Waals surface area (Å²) in [6.45, 7) is 3.32. The number of aromatic nitrogens is 3. The number of fused-ring (bicyclic) bond motifs is 1. The molecular formula is C19H18N4O2. The van der Waals surface area contributed by atoms with Gasteiger partial charge in [0.25, 0.3) is 5.91 Å². The Morgan fingerprint density at radius 1 is 1.16 bits per heavy atom. The first-order valence-corrected chi connectivity index (χ1v) is 8.26. The van der Waals surface area contributed by atoms with Crippen molar-refractivity contribution in [2.75, 3.05) is 19.7 Å². The van der Waals surface area contributed by atoms with Gasteiger partial charge in [0.15, 0.2) is 0 Å². The number of nitrogens with zero attached hydrogens (tertiary/aromatic N) is 4. The molecule has 0 unspecified atom stereocenters. The molecule has 2 aromatic heterocycles. The zero-order valence-electron chi connectivity index (χ0n) is 13.9. The molecule has 1 aliphatic rings. The van der Waals surface area contributed by atoms with Crippen molar-refractivity contribution in [3.8, 4) is 0 Å². The second-order valence-electron chi connectivity index (χ2n) is 6.02. The van der Waals surface area contributed by atoms with Crippen LogP contribution in [0.4, 0.5) is 0 Å². The Hall–Kier alpha value is -2.86. The molecule has 1 saturated heterocycles. The normalized spacial score (nSPS) is 17.6. The van der Waals surface area contributed by atoms with E-state index in [9.17, 15) is 4.79 Å². The van der Waals surface area contributed by atoms with Crippen LogP contribution in [0.25, 0.3) is 10.8 Å². The Balaban J connectivity index is 1.61. The van der Waals surface area contributed by atoms with E-state index in [1.165, 1.54) is 0 Å². The number of aryl methyl sites for hydroxylation is 1. The van der Waals surface area contributed by atoms with Crippen molar-refractivity contribution in [1.29, 1.82) is 0 Å². The van der Waals surface area contributed by atoms with Gasteiger partial charge in [-0.25, -0.2) is 9.97 Å². The van der Waals surface area contributed by atoms with E-state index in [4.69, 9.17) is 4.74 Å². The van der Waals surface area contributed by atoms with Crippen molar-refractivity contribution >= 4 is 16.7 Å². The number of ether oxygens (including phenoxy) is 1. The number of carbonyl (C=O) groups excluding carboxylic acids is 1. The average Bonchev–Trinajstić information content (AvgIpc) is 2.67. The molecule has 1 aromatic carbocycles. The maximum absolute atomic E-state index is 13.0. The van der Waals surface area contributed by atoms with Gasteiger partial charge in [-0.2, -0.15) is 0 Å². The van der Waals surface area contributed by atoms with Crippen LogP contribution >= 0.6 is 0 Å². The van der Waals surface area contributed by atoms with Gasteiger partial charge >= 0.3 is 0 Å². The molecule has 3 heterocycles. The van der Waals surface area contributed by atoms with E-state index >= 15 is 0 Å². The van der Waals surface area contributed by atoms with Gasteiger partial charge in [0.2, 0.25) is 0 Å². The topological polar surface area (TPSA) is 68.2 Å². The highest BCUT2D eigenvalue weighted by Crippen LogP contribution is 2.23. The highest BCUT2D eigenvalue weighted by Gasteiger charge is 2.28. The first-order chi connectivity index (χ1) is 12.2. The highest BCUT2D eigenvalue weighted by molar-refractivity contribution is 6.05. The zero-order chi connectivity index (χ0) is 17.2. The molecule has 1 aliphatic heterocycles. The van der Waals surface area contributed by atoms with E-state index in [2.05, 4.69) is 15.0 Å². The predicted octanol–water partition coefficient (Wildman–Crippen LogP) is 2.55. The van der Waals surface area contributed by atoms with Gasteiger partial charge in [-0.3, -0.25) is 9.78 Å². The van der Waals surface area contributed by atoms with Crippen LogP contribution in [0.3, 0.4) is 0 Å². The predicted molar refractivity (Wildman–Crippen MR) is 93.1 cm³/mol. The average molecular weight is 334 g/mol. The minimum atomic E-state index is -0.241. The van der Waals surface area contributed by atoms with Crippen molar-refractivity contribution < 1.29 is 9.53 Å². The zero-order valence-corrected chi connectivity index (χ0v) is 13.9. The van der Waals surface area contributed by atoms with Gasteiger partial charge in [0.05, 0.1) is 18.8 Å². The van der Waals surface area contributed by atoms with Crippen LogP contribution in [-0.4, -0.2) is 45.5 Å². The van der Waals surface area contributed by atoms with Crippen LogP contribution in [0.1, 0.15) is 28.1 Å². The maximum Gasteiger partial charge on any atom is 0.273 e. The van der Waals surface area contributed by atoms with Gasteiger partial charge in [-0.15, -0.1) is 0 Å². The maximum atomic E-state index is 13.0. The summed E-state index contributed by atoms with van der Waals surface area (Å²) in [5.74, 6) is 0.621. The summed E-state index contributed by atoms with van der Waals surface area (Å²) in [6.07, 6.45) is 3.16. The van der Waals surface area contributed by atoms with Crippen molar-refractivity contribution in [2.45, 2.75) is 13.0 Å². The van der Waals surface area contributed by atoms with Gasteiger partial charge in [-0.05, 0) is 24.4 Å². The summed E-state index contributed by atoms with van der Waals surface area (Å²) in [4.78, 5) is 27.7. The lowest BCUT2D eigenvalue weighted by Gasteiger charge is -2.32. The molecule has 6 heteroatoms. The number of hydrogen-bond acceptors (Lipinski definition) is 5. The second-order valence-corrected chi connectivity index (χ2v) is 6.02. The molecule has 1 fully saturated rings. The Bertz CT molecular complexity index is 923. The fraction of sp³-hybridized carbons (Fsp3) is 0.263. The number of amides is 1. The number of hydrogen-bond donors (Lipinski definition) is 0. The Morgan fingerprint density at radius 3 is 2.88 bits per heavy atom. The van der Waals surface area contributed by atoms with Crippen molar-refractivity contribution in [3.63, 3.8) is 0 Å². The molecule has 0 aliphatic carbocycles. The lowest BCUT2D eigenvalue weighted by molar-refractivity contribution is -0.0249. The Morgan fingerprint density at radius 2 is 2.00 bits per heavy atom. The summed E-state index contributed by atoms with van der Waals surface area (Å²) in [6, 6.07) is 11.5. The van der Waals surface area contributed by atoms with E-state index < -0.39 is 0 Å². The van der Waals surface area contributed by atoms with Gasteiger partial charge < -0.3 is 9.64 Å². The van der Waals surface area contributed by atoms with Crippen LogP contribution < -0.4 is 0 Å². The number of carbonyl (C=O) groups is 1. The molecule has 0 radical (unpaired) electrons. The first kappa shape index (κ1) is 15.7. The SMILES string of the molecule is Cc1nccc([C@@H]2CN(C(=O)c3nccc4ccccc34)CCO2)n1. The molecule has 1 atom stereocenters. The molecule has 0 bridgehead atoms. The molecule has 4 rings (SSSR count). The molecule has 3 aromatic rings. The van der Waals surface area contributed by atoms with Crippen LogP contribution in [-0.2, 0) is 4.74 Å². The minimum Gasteiger partial charge on any atom is -0.368 e. The van der Waals surface area contributed by atoms with E-state index in [1.807, 2.05) is 43.3 Å². The second kappa shape index (κ2) is 6.57. The summed E-state index contributed by atoms with van der Waals surface area (Å²) in [5, 5.41) is 1.88. The van der Waals surface area contributed by atoms with E-state index in [0.29, 0.717) is 31.2 Å². The minimum absolute atomic E-state index is 0.0733. The smallest absolute Gasteiger partial charge is 0.273 e. The van der Waals surface area contributed by atoms with Crippen LogP contribution in [0, 0.1) is 6.92 Å². The summed E-state index contributed by atoms with van der Waals surface area (Å²) >= 11 is 0. The number of pyridine rings is 1. The molecule has 0 spiro atoms. The number of morpholine rings is 1. The first-order valence-electron chi connectivity index (χ1n) is 8.26. The van der Waals surface area contributed by atoms with Crippen molar-refractivity contribution in [1.82, 2.24) is 19.9 Å². The third kappa shape index (κ3) is 3.08. The summed E-state index contributed by atoms with van der Waals surface area (Å²) in [7, 11) is 0. The molecule has 0 N–H and O–H groups in total. The molecule has 1 amide bonds. The van der Waals surface area contributed by atoms with Crippen LogP contribution in [0.5, 0.6) is 0 Å². The van der Waals surface area contributed by atoms with Gasteiger partial charge in [-0.1, -0.05) is 24.3 Å². The van der Waals surface area contributed by atoms with E-state index in [1.54, 1.807) is 17.3 Å². The monoisotopic (exact) mass is 334 g/mol. The quantitative estimate of drug-likeness (QED) is 0.720. The van der Waals surface area contributed by atoms with Crippen LogP contribution in [0.2, 0.25) is 0 Å². The third-order valence-corrected chi connectivity index (χ3v) is 4.36. The Labute approximate surface area is 145 Å². The lowest BCUT2D eigenvalue weighted by atomic mass is 10.1. The fourth-order valence-corrected chi connectivity index (χ4v) is 3.11. The highest BCUT2D eigenvalue weighted by atomic mass is 16.5. The van der Waals surface area contributed by atoms with Gasteiger partial charge in [0, 0.05) is 24.3 Å². The molecule has 126 valence electrons. The third-order valence-electron chi connectivity index (χ3n) is 4.36. The van der Waals surface area contributed by atoms with Crippen molar-refractivity contribution in [3.05, 3.63) is 66.0 Å². The van der Waals surface area contributed by atoms with E-state index in [0.717, 1.165) is 16.5 Å². The Kier molecular flexibility index (Phi) is 4.11. The van der Waals surface area contributed by atoms with Crippen molar-refractivity contribution in [2.24, 2.45) is 0 Å². The van der Waals surface area contributed by atoms with Crippen LogP contribution in [0.15, 0.2) is 48.8 Å². The number of rotatable bonds is 2. The fourth-order valence-electron chi connectivity index (χ4n) is 3.11. The molecular weight excluding hydrogens is 316 g/mol. The standard InChI is InChI=1S/C19H18N4O2/c1-13-20-9-7-16(22-13)17-12-23(10-11-25-17)19(24)18-15-5-3-2-4-14(15)6-8-21-18/h2-9,17H,10-12H2,1H3/t17-/m0/s1. The molecule has 0 saturated carbocycles. The summed E-state index contributed by atoms with van der Waals surface area (Å²) in [5.41, 5.74) is 1.29. The summed E-state index contributed by atoms with van der Waals surface area (Å²) < 4.78 is 5.82. The van der Waals surface area contributed by atoms with Gasteiger partial charge in [0.1, 0.15) is 17.6 Å².